The highest BCUT2D eigenvalue weighted by atomic mass is 15.0. The molecule has 0 aromatic carbocycles. The average Bonchev–Trinajstić information content (AvgIpc) is 3.10. The van der Waals surface area contributed by atoms with Crippen molar-refractivity contribution in [3.8, 4) is 6.07 Å². The van der Waals surface area contributed by atoms with Gasteiger partial charge in [-0.3, -0.25) is 0 Å². The molecule has 0 bridgehead atoms. The highest BCUT2D eigenvalue weighted by Crippen LogP contribution is 2.52. The van der Waals surface area contributed by atoms with E-state index < -0.39 is 0 Å². The van der Waals surface area contributed by atoms with Crippen molar-refractivity contribution < 1.29 is 0 Å². The number of rotatable bonds is 4. The first kappa shape index (κ1) is 12.9. The van der Waals surface area contributed by atoms with E-state index in [0.717, 1.165) is 18.9 Å². The SMILES string of the molecule is CC1(C2CC2)CCCC(N)C(NCCC#N)C1. The van der Waals surface area contributed by atoms with E-state index in [-0.39, 0.29) is 6.04 Å². The summed E-state index contributed by atoms with van der Waals surface area (Å²) < 4.78 is 0. The monoisotopic (exact) mass is 235 g/mol. The lowest BCUT2D eigenvalue weighted by Gasteiger charge is -2.33. The highest BCUT2D eigenvalue weighted by molar-refractivity contribution is 4.98. The van der Waals surface area contributed by atoms with Crippen LogP contribution in [0.1, 0.15) is 51.9 Å². The van der Waals surface area contributed by atoms with Crippen molar-refractivity contribution in [2.45, 2.75) is 64.0 Å². The molecule has 3 unspecified atom stereocenters. The lowest BCUT2D eigenvalue weighted by Crippen LogP contribution is -2.46. The van der Waals surface area contributed by atoms with Crippen LogP contribution in [0.3, 0.4) is 0 Å². The third-order valence-electron chi connectivity index (χ3n) is 4.69. The van der Waals surface area contributed by atoms with Crippen molar-refractivity contribution in [2.24, 2.45) is 17.1 Å². The first-order chi connectivity index (χ1) is 8.15. The Bertz CT molecular complexity index is 292. The predicted molar refractivity (Wildman–Crippen MR) is 69.3 cm³/mol. The summed E-state index contributed by atoms with van der Waals surface area (Å²) in [6.45, 7) is 3.23. The molecule has 0 aliphatic heterocycles. The first-order valence-electron chi connectivity index (χ1n) is 7.01. The molecule has 0 heterocycles. The fraction of sp³-hybridized carbons (Fsp3) is 0.929. The van der Waals surface area contributed by atoms with Crippen LogP contribution in [-0.2, 0) is 0 Å². The van der Waals surface area contributed by atoms with Crippen LogP contribution >= 0.6 is 0 Å². The molecule has 0 aromatic heterocycles. The van der Waals surface area contributed by atoms with Gasteiger partial charge in [0.2, 0.25) is 0 Å². The standard InChI is InChI=1S/C14H25N3/c1-14(11-5-6-11)7-2-4-12(16)13(10-14)17-9-3-8-15/h11-13,17H,2-7,9-10,16H2,1H3. The second kappa shape index (κ2) is 5.37. The summed E-state index contributed by atoms with van der Waals surface area (Å²) >= 11 is 0. The van der Waals surface area contributed by atoms with E-state index in [2.05, 4.69) is 18.3 Å². The van der Waals surface area contributed by atoms with E-state index >= 15 is 0 Å². The Balaban J connectivity index is 1.94. The average molecular weight is 235 g/mol. The zero-order valence-corrected chi connectivity index (χ0v) is 10.9. The number of nitrogens with zero attached hydrogens (tertiary/aromatic N) is 1. The van der Waals surface area contributed by atoms with Gasteiger partial charge in [-0.2, -0.15) is 5.26 Å². The summed E-state index contributed by atoms with van der Waals surface area (Å²) in [6, 6.07) is 2.88. The minimum absolute atomic E-state index is 0.272. The van der Waals surface area contributed by atoms with Crippen LogP contribution in [-0.4, -0.2) is 18.6 Å². The molecule has 17 heavy (non-hydrogen) atoms. The van der Waals surface area contributed by atoms with E-state index in [1.807, 2.05) is 0 Å². The molecule has 0 spiro atoms. The van der Waals surface area contributed by atoms with E-state index in [4.69, 9.17) is 11.0 Å². The molecule has 3 N–H and O–H groups in total. The Morgan fingerprint density at radius 3 is 2.82 bits per heavy atom. The summed E-state index contributed by atoms with van der Waals surface area (Å²) in [7, 11) is 0. The zero-order chi connectivity index (χ0) is 12.3. The molecule has 0 amide bonds. The topological polar surface area (TPSA) is 61.8 Å². The van der Waals surface area contributed by atoms with Gasteiger partial charge in [0.1, 0.15) is 0 Å². The molecule has 2 fully saturated rings. The Morgan fingerprint density at radius 1 is 1.41 bits per heavy atom. The van der Waals surface area contributed by atoms with Crippen molar-refractivity contribution in [1.29, 1.82) is 5.26 Å². The van der Waals surface area contributed by atoms with E-state index in [0.29, 0.717) is 17.9 Å². The fourth-order valence-electron chi connectivity index (χ4n) is 3.39. The van der Waals surface area contributed by atoms with Gasteiger partial charge >= 0.3 is 0 Å². The largest absolute Gasteiger partial charge is 0.326 e. The summed E-state index contributed by atoms with van der Waals surface area (Å²) in [5.41, 5.74) is 6.76. The maximum atomic E-state index is 8.60. The molecular formula is C14H25N3. The number of nitrogens with one attached hydrogen (secondary N) is 1. The Hall–Kier alpha value is -0.590. The highest BCUT2D eigenvalue weighted by Gasteiger charge is 2.44. The van der Waals surface area contributed by atoms with Crippen LogP contribution in [0, 0.1) is 22.7 Å². The van der Waals surface area contributed by atoms with E-state index in [9.17, 15) is 0 Å². The maximum Gasteiger partial charge on any atom is 0.0635 e. The normalized spacial score (nSPS) is 38.4. The quantitative estimate of drug-likeness (QED) is 0.580. The van der Waals surface area contributed by atoms with Crippen molar-refractivity contribution in [1.82, 2.24) is 5.32 Å². The number of hydrogen-bond donors (Lipinski definition) is 2. The summed E-state index contributed by atoms with van der Waals surface area (Å²) in [6.07, 6.45) is 8.35. The molecule has 96 valence electrons. The van der Waals surface area contributed by atoms with E-state index in [1.165, 1.54) is 32.1 Å². The lowest BCUT2D eigenvalue weighted by molar-refractivity contribution is 0.206. The van der Waals surface area contributed by atoms with Gasteiger partial charge in [0, 0.05) is 25.0 Å². The third-order valence-corrected chi connectivity index (χ3v) is 4.69. The second-order valence-electron chi connectivity index (χ2n) is 6.16. The molecule has 3 atom stereocenters. The van der Waals surface area contributed by atoms with Gasteiger partial charge in [-0.15, -0.1) is 0 Å². The van der Waals surface area contributed by atoms with Crippen LogP contribution in [0.5, 0.6) is 0 Å². The smallest absolute Gasteiger partial charge is 0.0635 e. The van der Waals surface area contributed by atoms with E-state index in [1.54, 1.807) is 0 Å². The minimum Gasteiger partial charge on any atom is -0.326 e. The third kappa shape index (κ3) is 3.20. The Morgan fingerprint density at radius 2 is 2.18 bits per heavy atom. The molecule has 2 aliphatic carbocycles. The van der Waals surface area contributed by atoms with Gasteiger partial charge in [-0.05, 0) is 43.4 Å². The van der Waals surface area contributed by atoms with Gasteiger partial charge < -0.3 is 11.1 Å². The Labute approximate surface area is 105 Å². The fourth-order valence-corrected chi connectivity index (χ4v) is 3.39. The summed E-state index contributed by atoms with van der Waals surface area (Å²) in [4.78, 5) is 0. The van der Waals surface area contributed by atoms with Gasteiger partial charge in [0.25, 0.3) is 0 Å². The van der Waals surface area contributed by atoms with Crippen LogP contribution in [0.25, 0.3) is 0 Å². The van der Waals surface area contributed by atoms with Gasteiger partial charge in [0.05, 0.1) is 6.07 Å². The lowest BCUT2D eigenvalue weighted by atomic mass is 9.76. The maximum absolute atomic E-state index is 8.60. The summed E-state index contributed by atoms with van der Waals surface area (Å²) in [5.74, 6) is 0.938. The molecular weight excluding hydrogens is 210 g/mol. The van der Waals surface area contributed by atoms with Crippen LogP contribution < -0.4 is 11.1 Å². The van der Waals surface area contributed by atoms with Crippen LogP contribution in [0.2, 0.25) is 0 Å². The molecule has 3 heteroatoms. The second-order valence-corrected chi connectivity index (χ2v) is 6.16. The Kier molecular flexibility index (Phi) is 4.06. The number of hydrogen-bond acceptors (Lipinski definition) is 3. The predicted octanol–water partition coefficient (Wildman–Crippen LogP) is 2.18. The molecule has 2 aliphatic rings. The van der Waals surface area contributed by atoms with Gasteiger partial charge in [-0.1, -0.05) is 13.3 Å². The van der Waals surface area contributed by atoms with Crippen molar-refractivity contribution in [3.63, 3.8) is 0 Å². The molecule has 0 aromatic rings. The molecule has 2 saturated carbocycles. The summed E-state index contributed by atoms with van der Waals surface area (Å²) in [5, 5.41) is 12.1. The van der Waals surface area contributed by atoms with Crippen LogP contribution in [0.15, 0.2) is 0 Å². The zero-order valence-electron chi connectivity index (χ0n) is 10.9. The van der Waals surface area contributed by atoms with Crippen LogP contribution in [0.4, 0.5) is 0 Å². The van der Waals surface area contributed by atoms with Crippen molar-refractivity contribution in [3.05, 3.63) is 0 Å². The number of nitrogens with two attached hydrogens (primary N) is 1. The van der Waals surface area contributed by atoms with Gasteiger partial charge in [-0.25, -0.2) is 0 Å². The van der Waals surface area contributed by atoms with Crippen molar-refractivity contribution >= 4 is 0 Å². The van der Waals surface area contributed by atoms with Crippen molar-refractivity contribution in [2.75, 3.05) is 6.54 Å². The molecule has 3 nitrogen and oxygen atoms in total. The molecule has 0 saturated heterocycles. The molecule has 2 rings (SSSR count). The van der Waals surface area contributed by atoms with Gasteiger partial charge in [0.15, 0.2) is 0 Å². The minimum atomic E-state index is 0.272. The number of nitriles is 1. The molecule has 0 radical (unpaired) electrons. The first-order valence-corrected chi connectivity index (χ1v) is 7.01.